The average molecular weight is 264 g/mol. The molecular formula is C15H24N2O2. The Hall–Kier alpha value is -1.55. The van der Waals surface area contributed by atoms with Crippen molar-refractivity contribution in [3.63, 3.8) is 0 Å². The fraction of sp³-hybridized carbons (Fsp3) is 0.533. The second kappa shape index (κ2) is 6.57. The quantitative estimate of drug-likeness (QED) is 0.587. The summed E-state index contributed by atoms with van der Waals surface area (Å²) >= 11 is 0. The summed E-state index contributed by atoms with van der Waals surface area (Å²) in [6, 6.07) is 5.46. The molecule has 0 bridgehead atoms. The van der Waals surface area contributed by atoms with Crippen molar-refractivity contribution >= 4 is 17.2 Å². The Morgan fingerprint density at radius 3 is 2.63 bits per heavy atom. The molecule has 19 heavy (non-hydrogen) atoms. The van der Waals surface area contributed by atoms with Crippen molar-refractivity contribution in [1.82, 2.24) is 0 Å². The number of nitrogens with two attached hydrogens (primary N) is 1. The van der Waals surface area contributed by atoms with Gasteiger partial charge in [0, 0.05) is 37.2 Å². The predicted octanol–water partition coefficient (Wildman–Crippen LogP) is 2.95. The maximum Gasteiger partial charge on any atom is 0.161 e. The van der Waals surface area contributed by atoms with Crippen molar-refractivity contribution in [3.8, 4) is 0 Å². The summed E-state index contributed by atoms with van der Waals surface area (Å²) in [5.41, 5.74) is 8.04. The van der Waals surface area contributed by atoms with E-state index in [0.29, 0.717) is 11.3 Å². The Labute approximate surface area is 115 Å². The van der Waals surface area contributed by atoms with E-state index < -0.39 is 0 Å². The molecule has 1 aromatic carbocycles. The summed E-state index contributed by atoms with van der Waals surface area (Å²) in [6.45, 7) is 7.47. The molecule has 0 aliphatic heterocycles. The Balaban J connectivity index is 2.63. The third-order valence-corrected chi connectivity index (χ3v) is 3.18. The largest absolute Gasteiger partial charge is 0.398 e. The second-order valence-corrected chi connectivity index (χ2v) is 5.62. The number of ether oxygens (including phenoxy) is 1. The summed E-state index contributed by atoms with van der Waals surface area (Å²) in [5, 5.41) is 3.35. The standard InChI is InChI=1S/C15H24N2O2/c1-11(18)13-6-5-12(9-14(13)16)17-10-15(2,3)7-8-19-4/h5-6,9,17H,7-8,10,16H2,1-4H3. The third-order valence-electron chi connectivity index (χ3n) is 3.18. The molecule has 0 fully saturated rings. The van der Waals surface area contributed by atoms with Gasteiger partial charge in [-0.15, -0.1) is 0 Å². The molecule has 1 aromatic rings. The monoisotopic (exact) mass is 264 g/mol. The van der Waals surface area contributed by atoms with E-state index >= 15 is 0 Å². The number of Topliss-reactive ketones (excluding diaryl/α,β-unsaturated/α-hetero) is 1. The summed E-state index contributed by atoms with van der Waals surface area (Å²) in [5.74, 6) is -0.00975. The number of methoxy groups -OCH3 is 1. The molecule has 0 amide bonds. The lowest BCUT2D eigenvalue weighted by atomic mass is 9.89. The first-order valence-corrected chi connectivity index (χ1v) is 6.49. The van der Waals surface area contributed by atoms with Gasteiger partial charge in [-0.1, -0.05) is 13.8 Å². The Morgan fingerprint density at radius 1 is 1.42 bits per heavy atom. The molecule has 0 aliphatic rings. The summed E-state index contributed by atoms with van der Waals surface area (Å²) in [7, 11) is 1.71. The lowest BCUT2D eigenvalue weighted by molar-refractivity contribution is 0.101. The van der Waals surface area contributed by atoms with Crippen LogP contribution in [0.3, 0.4) is 0 Å². The van der Waals surface area contributed by atoms with E-state index in [4.69, 9.17) is 10.5 Å². The van der Waals surface area contributed by atoms with Crippen LogP contribution in [0.4, 0.5) is 11.4 Å². The van der Waals surface area contributed by atoms with E-state index in [-0.39, 0.29) is 11.2 Å². The molecule has 4 nitrogen and oxygen atoms in total. The van der Waals surface area contributed by atoms with Crippen molar-refractivity contribution in [2.24, 2.45) is 5.41 Å². The summed E-state index contributed by atoms with van der Waals surface area (Å²) < 4.78 is 5.11. The highest BCUT2D eigenvalue weighted by Gasteiger charge is 2.17. The Kier molecular flexibility index (Phi) is 5.36. The van der Waals surface area contributed by atoms with Gasteiger partial charge < -0.3 is 15.8 Å². The van der Waals surface area contributed by atoms with Gasteiger partial charge in [-0.3, -0.25) is 4.79 Å². The van der Waals surface area contributed by atoms with Crippen molar-refractivity contribution in [2.75, 3.05) is 31.3 Å². The maximum absolute atomic E-state index is 11.3. The molecule has 0 atom stereocenters. The van der Waals surface area contributed by atoms with Crippen LogP contribution in [0.25, 0.3) is 0 Å². The average Bonchev–Trinajstić information content (AvgIpc) is 2.34. The van der Waals surface area contributed by atoms with Crippen LogP contribution in [0.1, 0.15) is 37.6 Å². The summed E-state index contributed by atoms with van der Waals surface area (Å²) in [4.78, 5) is 11.3. The molecule has 0 heterocycles. The Bertz CT molecular complexity index is 442. The van der Waals surface area contributed by atoms with Crippen LogP contribution in [0.5, 0.6) is 0 Å². The van der Waals surface area contributed by atoms with Crippen molar-refractivity contribution in [3.05, 3.63) is 23.8 Å². The van der Waals surface area contributed by atoms with E-state index in [2.05, 4.69) is 19.2 Å². The molecule has 3 N–H and O–H groups in total. The lowest BCUT2D eigenvalue weighted by Crippen LogP contribution is -2.24. The lowest BCUT2D eigenvalue weighted by Gasteiger charge is -2.25. The van der Waals surface area contributed by atoms with E-state index in [0.717, 1.165) is 25.3 Å². The molecule has 0 saturated heterocycles. The number of anilines is 2. The van der Waals surface area contributed by atoms with Gasteiger partial charge in [0.15, 0.2) is 5.78 Å². The van der Waals surface area contributed by atoms with Gasteiger partial charge in [0.25, 0.3) is 0 Å². The highest BCUT2D eigenvalue weighted by Crippen LogP contribution is 2.23. The Morgan fingerprint density at radius 2 is 2.11 bits per heavy atom. The van der Waals surface area contributed by atoms with Crippen molar-refractivity contribution in [1.29, 1.82) is 0 Å². The number of nitrogen functional groups attached to an aromatic ring is 1. The van der Waals surface area contributed by atoms with Crippen LogP contribution in [-0.4, -0.2) is 26.0 Å². The van der Waals surface area contributed by atoms with Gasteiger partial charge in [-0.2, -0.15) is 0 Å². The van der Waals surface area contributed by atoms with E-state index in [1.807, 2.05) is 12.1 Å². The number of ketones is 1. The van der Waals surface area contributed by atoms with Crippen LogP contribution in [-0.2, 0) is 4.74 Å². The first-order valence-electron chi connectivity index (χ1n) is 6.49. The number of rotatable bonds is 7. The number of nitrogens with one attached hydrogen (secondary N) is 1. The van der Waals surface area contributed by atoms with Crippen molar-refractivity contribution in [2.45, 2.75) is 27.2 Å². The van der Waals surface area contributed by atoms with Crippen LogP contribution in [0.2, 0.25) is 0 Å². The zero-order valence-electron chi connectivity index (χ0n) is 12.2. The molecule has 0 saturated carbocycles. The fourth-order valence-electron chi connectivity index (χ4n) is 1.80. The number of benzene rings is 1. The van der Waals surface area contributed by atoms with Crippen LogP contribution < -0.4 is 11.1 Å². The normalized spacial score (nSPS) is 11.4. The predicted molar refractivity (Wildman–Crippen MR) is 79.6 cm³/mol. The van der Waals surface area contributed by atoms with Crippen LogP contribution in [0.15, 0.2) is 18.2 Å². The van der Waals surface area contributed by atoms with Gasteiger partial charge in [-0.05, 0) is 37.0 Å². The fourth-order valence-corrected chi connectivity index (χ4v) is 1.80. The van der Waals surface area contributed by atoms with E-state index in [1.54, 1.807) is 13.2 Å². The zero-order valence-corrected chi connectivity index (χ0v) is 12.2. The number of hydrogen-bond donors (Lipinski definition) is 2. The zero-order chi connectivity index (χ0) is 14.5. The molecule has 0 spiro atoms. The van der Waals surface area contributed by atoms with E-state index in [1.165, 1.54) is 6.92 Å². The van der Waals surface area contributed by atoms with Gasteiger partial charge >= 0.3 is 0 Å². The first kappa shape index (κ1) is 15.5. The number of carbonyl (C=O) groups excluding carboxylic acids is 1. The molecule has 0 aromatic heterocycles. The molecule has 106 valence electrons. The minimum atomic E-state index is -0.00975. The SMILES string of the molecule is COCCC(C)(C)CNc1ccc(C(C)=O)c(N)c1. The molecule has 0 aliphatic carbocycles. The van der Waals surface area contributed by atoms with Crippen LogP contribution in [0, 0.1) is 5.41 Å². The second-order valence-electron chi connectivity index (χ2n) is 5.62. The molecule has 1 rings (SSSR count). The van der Waals surface area contributed by atoms with Gasteiger partial charge in [0.2, 0.25) is 0 Å². The topological polar surface area (TPSA) is 64.3 Å². The van der Waals surface area contributed by atoms with Crippen LogP contribution >= 0.6 is 0 Å². The highest BCUT2D eigenvalue weighted by atomic mass is 16.5. The molecular weight excluding hydrogens is 240 g/mol. The van der Waals surface area contributed by atoms with E-state index in [9.17, 15) is 4.79 Å². The first-order chi connectivity index (χ1) is 8.85. The highest BCUT2D eigenvalue weighted by molar-refractivity contribution is 5.99. The molecule has 0 unspecified atom stereocenters. The maximum atomic E-state index is 11.3. The minimum absolute atomic E-state index is 0.00975. The van der Waals surface area contributed by atoms with Gasteiger partial charge in [-0.25, -0.2) is 0 Å². The number of carbonyl (C=O) groups is 1. The third kappa shape index (κ3) is 4.91. The molecule has 0 radical (unpaired) electrons. The summed E-state index contributed by atoms with van der Waals surface area (Å²) in [6.07, 6.45) is 0.984. The minimum Gasteiger partial charge on any atom is -0.398 e. The van der Waals surface area contributed by atoms with Gasteiger partial charge in [0.05, 0.1) is 0 Å². The molecule has 4 heteroatoms. The van der Waals surface area contributed by atoms with Crippen molar-refractivity contribution < 1.29 is 9.53 Å². The smallest absolute Gasteiger partial charge is 0.161 e. The number of hydrogen-bond acceptors (Lipinski definition) is 4. The van der Waals surface area contributed by atoms with Gasteiger partial charge in [0.1, 0.15) is 0 Å².